The SMILES string of the molecule is CC[S+](CCCOc1ccccc1)CCC(=O)Cl. The largest absolute Gasteiger partial charge is 0.493 e. The summed E-state index contributed by atoms with van der Waals surface area (Å²) in [7, 11) is 0.305. The molecule has 0 aliphatic carbocycles. The summed E-state index contributed by atoms with van der Waals surface area (Å²) in [5.74, 6) is 4.08. The topological polar surface area (TPSA) is 26.3 Å². The van der Waals surface area contributed by atoms with Crippen molar-refractivity contribution in [2.75, 3.05) is 23.9 Å². The fourth-order valence-electron chi connectivity index (χ4n) is 1.59. The predicted octanol–water partition coefficient (Wildman–Crippen LogP) is 3.25. The van der Waals surface area contributed by atoms with Crippen LogP contribution in [0.2, 0.25) is 0 Å². The number of ether oxygens (including phenoxy) is 1. The maximum absolute atomic E-state index is 10.7. The molecule has 0 aromatic heterocycles. The van der Waals surface area contributed by atoms with Gasteiger partial charge in [0.15, 0.2) is 0 Å². The van der Waals surface area contributed by atoms with Crippen molar-refractivity contribution in [2.24, 2.45) is 0 Å². The van der Waals surface area contributed by atoms with Gasteiger partial charge in [0.2, 0.25) is 5.24 Å². The van der Waals surface area contributed by atoms with Crippen molar-refractivity contribution in [1.29, 1.82) is 0 Å². The first-order valence-corrected chi connectivity index (χ1v) is 8.33. The van der Waals surface area contributed by atoms with Gasteiger partial charge in [-0.15, -0.1) is 0 Å². The van der Waals surface area contributed by atoms with Crippen LogP contribution in [0.5, 0.6) is 5.75 Å². The second-order valence-corrected chi connectivity index (χ2v) is 6.97. The summed E-state index contributed by atoms with van der Waals surface area (Å²) in [5.41, 5.74) is 0. The highest BCUT2D eigenvalue weighted by Gasteiger charge is 2.16. The van der Waals surface area contributed by atoms with Gasteiger partial charge in [-0.1, -0.05) is 18.2 Å². The Kier molecular flexibility index (Phi) is 7.94. The Morgan fingerprint density at radius 2 is 2.00 bits per heavy atom. The van der Waals surface area contributed by atoms with Crippen molar-refractivity contribution >= 4 is 27.7 Å². The van der Waals surface area contributed by atoms with E-state index in [9.17, 15) is 4.79 Å². The van der Waals surface area contributed by atoms with Gasteiger partial charge in [-0.3, -0.25) is 4.79 Å². The summed E-state index contributed by atoms with van der Waals surface area (Å²) in [6, 6.07) is 9.85. The molecule has 0 radical (unpaired) electrons. The molecule has 1 aromatic carbocycles. The Hall–Kier alpha value is -0.670. The van der Waals surface area contributed by atoms with Gasteiger partial charge in [0, 0.05) is 6.42 Å². The van der Waals surface area contributed by atoms with Crippen LogP contribution in [-0.2, 0) is 15.7 Å². The number of rotatable bonds is 9. The molecule has 1 rings (SSSR count). The minimum atomic E-state index is -0.221. The van der Waals surface area contributed by atoms with Gasteiger partial charge in [0.1, 0.15) is 23.0 Å². The summed E-state index contributed by atoms with van der Waals surface area (Å²) in [6.45, 7) is 2.90. The predicted molar refractivity (Wildman–Crippen MR) is 79.7 cm³/mol. The van der Waals surface area contributed by atoms with E-state index in [1.54, 1.807) is 0 Å². The second-order valence-electron chi connectivity index (χ2n) is 3.93. The summed E-state index contributed by atoms with van der Waals surface area (Å²) >= 11 is 5.36. The lowest BCUT2D eigenvalue weighted by Gasteiger charge is -2.07. The molecule has 0 spiro atoms. The van der Waals surface area contributed by atoms with Crippen molar-refractivity contribution in [2.45, 2.75) is 19.8 Å². The third-order valence-corrected chi connectivity index (χ3v) is 5.24. The van der Waals surface area contributed by atoms with Gasteiger partial charge in [-0.25, -0.2) is 0 Å². The molecule has 1 aromatic rings. The molecule has 18 heavy (non-hydrogen) atoms. The minimum Gasteiger partial charge on any atom is -0.493 e. The lowest BCUT2D eigenvalue weighted by Crippen LogP contribution is -2.18. The van der Waals surface area contributed by atoms with E-state index in [0.29, 0.717) is 17.3 Å². The Morgan fingerprint density at radius 3 is 2.61 bits per heavy atom. The van der Waals surface area contributed by atoms with Crippen molar-refractivity contribution in [3.05, 3.63) is 30.3 Å². The molecule has 0 heterocycles. The van der Waals surface area contributed by atoms with Gasteiger partial charge in [-0.05, 0) is 41.6 Å². The molecule has 0 N–H and O–H groups in total. The Labute approximate surface area is 117 Å². The molecule has 1 unspecified atom stereocenters. The number of benzene rings is 1. The first-order chi connectivity index (χ1) is 8.72. The van der Waals surface area contributed by atoms with Gasteiger partial charge < -0.3 is 4.74 Å². The molecule has 0 fully saturated rings. The van der Waals surface area contributed by atoms with Crippen LogP contribution in [0.1, 0.15) is 19.8 Å². The van der Waals surface area contributed by atoms with Gasteiger partial charge >= 0.3 is 0 Å². The Morgan fingerprint density at radius 1 is 1.28 bits per heavy atom. The highest BCUT2D eigenvalue weighted by atomic mass is 35.5. The Bertz CT molecular complexity index is 343. The van der Waals surface area contributed by atoms with Crippen LogP contribution in [0, 0.1) is 0 Å². The molecule has 4 heteroatoms. The molecule has 0 amide bonds. The average Bonchev–Trinajstić information content (AvgIpc) is 2.39. The number of hydrogen-bond acceptors (Lipinski definition) is 2. The highest BCUT2D eigenvalue weighted by molar-refractivity contribution is 7.96. The van der Waals surface area contributed by atoms with Crippen molar-refractivity contribution in [3.63, 3.8) is 0 Å². The molecule has 0 bridgehead atoms. The van der Waals surface area contributed by atoms with Crippen LogP contribution in [0.15, 0.2) is 30.3 Å². The molecule has 0 saturated heterocycles. The molecular formula is C14H20ClO2S+. The summed E-state index contributed by atoms with van der Waals surface area (Å²) in [5, 5.41) is -0.221. The van der Waals surface area contributed by atoms with Crippen molar-refractivity contribution in [1.82, 2.24) is 0 Å². The van der Waals surface area contributed by atoms with Crippen LogP contribution >= 0.6 is 11.6 Å². The fourth-order valence-corrected chi connectivity index (χ4v) is 3.57. The zero-order chi connectivity index (χ0) is 13.2. The lowest BCUT2D eigenvalue weighted by atomic mass is 10.3. The van der Waals surface area contributed by atoms with E-state index in [1.165, 1.54) is 0 Å². The number of halogens is 1. The maximum Gasteiger partial charge on any atom is 0.226 e. The monoisotopic (exact) mass is 287 g/mol. The quantitative estimate of drug-likeness (QED) is 0.396. The van der Waals surface area contributed by atoms with E-state index < -0.39 is 0 Å². The van der Waals surface area contributed by atoms with E-state index in [4.69, 9.17) is 16.3 Å². The molecular weight excluding hydrogens is 268 g/mol. The number of para-hydroxylation sites is 1. The second kappa shape index (κ2) is 9.29. The van der Waals surface area contributed by atoms with E-state index in [1.807, 2.05) is 30.3 Å². The highest BCUT2D eigenvalue weighted by Crippen LogP contribution is 2.09. The fraction of sp³-hybridized carbons (Fsp3) is 0.500. The molecule has 0 aliphatic rings. The normalized spacial score (nSPS) is 12.1. The number of carbonyl (C=O) groups excluding carboxylic acids is 1. The summed E-state index contributed by atoms with van der Waals surface area (Å²) in [4.78, 5) is 10.7. The zero-order valence-corrected chi connectivity index (χ0v) is 12.3. The zero-order valence-electron chi connectivity index (χ0n) is 10.7. The van der Waals surface area contributed by atoms with Crippen LogP contribution in [0.3, 0.4) is 0 Å². The third kappa shape index (κ3) is 6.92. The summed E-state index contributed by atoms with van der Waals surface area (Å²) in [6.07, 6.45) is 1.53. The van der Waals surface area contributed by atoms with E-state index in [-0.39, 0.29) is 5.24 Å². The van der Waals surface area contributed by atoms with Crippen LogP contribution < -0.4 is 4.74 Å². The maximum atomic E-state index is 10.7. The van der Waals surface area contributed by atoms with Crippen LogP contribution in [-0.4, -0.2) is 29.1 Å². The van der Waals surface area contributed by atoms with E-state index in [0.717, 1.165) is 36.0 Å². The standard InChI is InChI=1S/C14H20ClO2S/c1-2-18(12-9-14(15)16)11-6-10-17-13-7-4-3-5-8-13/h3-5,7-8H,2,6,9-12H2,1H3/q+1. The minimum absolute atomic E-state index is 0.221. The molecule has 100 valence electrons. The summed E-state index contributed by atoms with van der Waals surface area (Å²) < 4.78 is 5.64. The first kappa shape index (κ1) is 15.4. The van der Waals surface area contributed by atoms with Gasteiger partial charge in [0.05, 0.1) is 13.0 Å². The smallest absolute Gasteiger partial charge is 0.226 e. The average molecular weight is 288 g/mol. The first-order valence-electron chi connectivity index (χ1n) is 6.22. The number of hydrogen-bond donors (Lipinski definition) is 0. The molecule has 2 nitrogen and oxygen atoms in total. The van der Waals surface area contributed by atoms with Gasteiger partial charge in [0.25, 0.3) is 0 Å². The van der Waals surface area contributed by atoms with Crippen molar-refractivity contribution < 1.29 is 9.53 Å². The van der Waals surface area contributed by atoms with Crippen LogP contribution in [0.4, 0.5) is 0 Å². The van der Waals surface area contributed by atoms with E-state index in [2.05, 4.69) is 6.92 Å². The molecule has 0 saturated carbocycles. The van der Waals surface area contributed by atoms with Gasteiger partial charge in [-0.2, -0.15) is 0 Å². The third-order valence-electron chi connectivity index (χ3n) is 2.58. The van der Waals surface area contributed by atoms with E-state index >= 15 is 0 Å². The molecule has 0 aliphatic heterocycles. The van der Waals surface area contributed by atoms with Crippen LogP contribution in [0.25, 0.3) is 0 Å². The Balaban J connectivity index is 2.13. The van der Waals surface area contributed by atoms with Crippen molar-refractivity contribution in [3.8, 4) is 5.75 Å². The lowest BCUT2D eigenvalue weighted by molar-refractivity contribution is -0.111. The molecule has 1 atom stereocenters. The number of carbonyl (C=O) groups is 1.